The topological polar surface area (TPSA) is 52.1 Å². The average Bonchev–Trinajstić information content (AvgIpc) is 2.87. The summed E-state index contributed by atoms with van der Waals surface area (Å²) in [4.78, 5) is 2.28. The van der Waals surface area contributed by atoms with Crippen LogP contribution in [0.4, 0.5) is 0 Å². The number of hydrogen-bond donors (Lipinski definition) is 2. The van der Waals surface area contributed by atoms with Crippen LogP contribution in [0.25, 0.3) is 10.9 Å². The lowest BCUT2D eigenvalue weighted by molar-refractivity contribution is 0.175. The SMILES string of the molecule is O[C@@H]1CCN(Cc2ccc3cn[nH]c3c2)C1. The molecule has 2 heterocycles. The molecule has 2 aromatic rings. The average molecular weight is 217 g/mol. The molecule has 0 radical (unpaired) electrons. The monoisotopic (exact) mass is 217 g/mol. The molecular formula is C12H15N3O. The van der Waals surface area contributed by atoms with Crippen LogP contribution in [0.1, 0.15) is 12.0 Å². The maximum atomic E-state index is 9.46. The van der Waals surface area contributed by atoms with Crippen LogP contribution in [0.15, 0.2) is 24.4 Å². The Balaban J connectivity index is 1.78. The summed E-state index contributed by atoms with van der Waals surface area (Å²) in [7, 11) is 0. The van der Waals surface area contributed by atoms with Gasteiger partial charge in [0, 0.05) is 25.0 Å². The fraction of sp³-hybridized carbons (Fsp3) is 0.417. The largest absolute Gasteiger partial charge is 0.392 e. The zero-order valence-corrected chi connectivity index (χ0v) is 9.06. The molecule has 2 N–H and O–H groups in total. The molecule has 84 valence electrons. The number of H-pyrrole nitrogens is 1. The highest BCUT2D eigenvalue weighted by Gasteiger charge is 2.19. The highest BCUT2D eigenvalue weighted by molar-refractivity contribution is 5.78. The van der Waals surface area contributed by atoms with E-state index in [0.29, 0.717) is 0 Å². The number of nitrogens with zero attached hydrogens (tertiary/aromatic N) is 2. The molecule has 1 fully saturated rings. The van der Waals surface area contributed by atoms with Gasteiger partial charge in [0.25, 0.3) is 0 Å². The molecule has 0 unspecified atom stereocenters. The van der Waals surface area contributed by atoms with Gasteiger partial charge in [0.1, 0.15) is 0 Å². The molecule has 0 saturated carbocycles. The van der Waals surface area contributed by atoms with E-state index >= 15 is 0 Å². The van der Waals surface area contributed by atoms with Crippen molar-refractivity contribution in [1.82, 2.24) is 15.1 Å². The molecule has 3 rings (SSSR count). The Morgan fingerprint density at radius 1 is 1.50 bits per heavy atom. The third-order valence-corrected chi connectivity index (χ3v) is 3.16. The van der Waals surface area contributed by atoms with Crippen LogP contribution in [0.2, 0.25) is 0 Å². The van der Waals surface area contributed by atoms with E-state index in [4.69, 9.17) is 0 Å². The lowest BCUT2D eigenvalue weighted by Crippen LogP contribution is -2.21. The number of aromatic nitrogens is 2. The number of nitrogens with one attached hydrogen (secondary N) is 1. The van der Waals surface area contributed by atoms with Gasteiger partial charge in [0.05, 0.1) is 17.8 Å². The highest BCUT2D eigenvalue weighted by Crippen LogP contribution is 2.17. The summed E-state index contributed by atoms with van der Waals surface area (Å²) < 4.78 is 0. The van der Waals surface area contributed by atoms with Gasteiger partial charge in [-0.25, -0.2) is 0 Å². The number of aliphatic hydroxyl groups is 1. The minimum absolute atomic E-state index is 0.143. The van der Waals surface area contributed by atoms with Crippen LogP contribution in [-0.2, 0) is 6.54 Å². The number of β-amino-alcohol motifs (C(OH)–C–C–N with tert-alkyl or cyclic N) is 1. The van der Waals surface area contributed by atoms with Gasteiger partial charge in [-0.05, 0) is 18.1 Å². The number of rotatable bonds is 2. The predicted octanol–water partition coefficient (Wildman–Crippen LogP) is 1.13. The first kappa shape index (κ1) is 9.81. The summed E-state index contributed by atoms with van der Waals surface area (Å²) in [5.74, 6) is 0. The van der Waals surface area contributed by atoms with Gasteiger partial charge < -0.3 is 5.11 Å². The van der Waals surface area contributed by atoms with Crippen molar-refractivity contribution in [1.29, 1.82) is 0 Å². The van der Waals surface area contributed by atoms with Gasteiger partial charge in [-0.1, -0.05) is 12.1 Å². The third kappa shape index (κ3) is 1.81. The standard InChI is InChI=1S/C12H15N3O/c16-11-3-4-15(8-11)7-9-1-2-10-6-13-14-12(10)5-9/h1-2,5-6,11,16H,3-4,7-8H2,(H,13,14)/t11-/m1/s1. The van der Waals surface area contributed by atoms with E-state index in [-0.39, 0.29) is 6.10 Å². The highest BCUT2D eigenvalue weighted by atomic mass is 16.3. The fourth-order valence-electron chi connectivity index (χ4n) is 2.30. The summed E-state index contributed by atoms with van der Waals surface area (Å²) in [6, 6.07) is 6.34. The Hall–Kier alpha value is -1.39. The molecule has 1 aliphatic heterocycles. The van der Waals surface area contributed by atoms with Crippen LogP contribution >= 0.6 is 0 Å². The Morgan fingerprint density at radius 3 is 3.25 bits per heavy atom. The second kappa shape index (κ2) is 3.88. The lowest BCUT2D eigenvalue weighted by atomic mass is 10.1. The minimum atomic E-state index is -0.143. The van der Waals surface area contributed by atoms with Crippen molar-refractivity contribution in [2.75, 3.05) is 13.1 Å². The second-order valence-electron chi connectivity index (χ2n) is 4.47. The molecule has 4 nitrogen and oxygen atoms in total. The molecule has 1 aliphatic rings. The van der Waals surface area contributed by atoms with Gasteiger partial charge in [-0.15, -0.1) is 0 Å². The van der Waals surface area contributed by atoms with Crippen LogP contribution in [0, 0.1) is 0 Å². The minimum Gasteiger partial charge on any atom is -0.392 e. The van der Waals surface area contributed by atoms with Crippen molar-refractivity contribution >= 4 is 10.9 Å². The molecule has 0 spiro atoms. The van der Waals surface area contributed by atoms with Gasteiger partial charge in [0.2, 0.25) is 0 Å². The lowest BCUT2D eigenvalue weighted by Gasteiger charge is -2.14. The number of aliphatic hydroxyl groups excluding tert-OH is 1. The van der Waals surface area contributed by atoms with Gasteiger partial charge >= 0.3 is 0 Å². The zero-order chi connectivity index (χ0) is 11.0. The molecule has 1 aromatic heterocycles. The first-order chi connectivity index (χ1) is 7.81. The Morgan fingerprint density at radius 2 is 2.44 bits per heavy atom. The number of aromatic amines is 1. The van der Waals surface area contributed by atoms with Gasteiger partial charge in [-0.3, -0.25) is 10.00 Å². The number of fused-ring (bicyclic) bond motifs is 1. The molecule has 1 aromatic carbocycles. The molecule has 1 saturated heterocycles. The van der Waals surface area contributed by atoms with Crippen molar-refractivity contribution in [3.63, 3.8) is 0 Å². The number of benzene rings is 1. The van der Waals surface area contributed by atoms with Crippen LogP contribution < -0.4 is 0 Å². The van der Waals surface area contributed by atoms with Gasteiger partial charge in [0.15, 0.2) is 0 Å². The van der Waals surface area contributed by atoms with Crippen LogP contribution in [-0.4, -0.2) is 39.4 Å². The van der Waals surface area contributed by atoms with Crippen LogP contribution in [0.5, 0.6) is 0 Å². The quantitative estimate of drug-likeness (QED) is 0.793. The molecule has 16 heavy (non-hydrogen) atoms. The van der Waals surface area contributed by atoms with Crippen molar-refractivity contribution in [2.24, 2.45) is 0 Å². The predicted molar refractivity (Wildman–Crippen MR) is 62.0 cm³/mol. The summed E-state index contributed by atoms with van der Waals surface area (Å²) >= 11 is 0. The third-order valence-electron chi connectivity index (χ3n) is 3.16. The van der Waals surface area contributed by atoms with E-state index in [9.17, 15) is 5.11 Å². The Labute approximate surface area is 93.9 Å². The summed E-state index contributed by atoms with van der Waals surface area (Å²) in [6.07, 6.45) is 2.58. The first-order valence-corrected chi connectivity index (χ1v) is 5.64. The molecule has 0 aliphatic carbocycles. The molecule has 1 atom stereocenters. The number of hydrogen-bond acceptors (Lipinski definition) is 3. The maximum absolute atomic E-state index is 9.46. The van der Waals surface area contributed by atoms with Crippen molar-refractivity contribution in [3.05, 3.63) is 30.0 Å². The number of likely N-dealkylation sites (tertiary alicyclic amines) is 1. The van der Waals surface area contributed by atoms with Crippen LogP contribution in [0.3, 0.4) is 0 Å². The first-order valence-electron chi connectivity index (χ1n) is 5.64. The van der Waals surface area contributed by atoms with Gasteiger partial charge in [-0.2, -0.15) is 5.10 Å². The van der Waals surface area contributed by atoms with Crippen molar-refractivity contribution in [2.45, 2.75) is 19.1 Å². The molecule has 0 amide bonds. The smallest absolute Gasteiger partial charge is 0.0679 e. The fourth-order valence-corrected chi connectivity index (χ4v) is 2.30. The van der Waals surface area contributed by atoms with E-state index in [1.807, 2.05) is 6.20 Å². The van der Waals surface area contributed by atoms with E-state index in [2.05, 4.69) is 33.3 Å². The Bertz CT molecular complexity index is 494. The molecule has 0 bridgehead atoms. The summed E-state index contributed by atoms with van der Waals surface area (Å²) in [5.41, 5.74) is 2.35. The van der Waals surface area contributed by atoms with E-state index in [1.54, 1.807) is 0 Å². The second-order valence-corrected chi connectivity index (χ2v) is 4.47. The zero-order valence-electron chi connectivity index (χ0n) is 9.06. The van der Waals surface area contributed by atoms with Crippen molar-refractivity contribution in [3.8, 4) is 0 Å². The maximum Gasteiger partial charge on any atom is 0.0679 e. The molecular weight excluding hydrogens is 202 g/mol. The van der Waals surface area contributed by atoms with Crippen molar-refractivity contribution < 1.29 is 5.11 Å². The normalized spacial score (nSPS) is 21.9. The molecule has 4 heteroatoms. The van der Waals surface area contributed by atoms with E-state index in [1.165, 1.54) is 5.56 Å². The van der Waals surface area contributed by atoms with E-state index < -0.39 is 0 Å². The summed E-state index contributed by atoms with van der Waals surface area (Å²) in [6.45, 7) is 2.69. The van der Waals surface area contributed by atoms with E-state index in [0.717, 1.165) is 37.0 Å². The Kier molecular flexibility index (Phi) is 2.38. The summed E-state index contributed by atoms with van der Waals surface area (Å²) in [5, 5.41) is 17.6.